The highest BCUT2D eigenvalue weighted by atomic mass is 32.2. The summed E-state index contributed by atoms with van der Waals surface area (Å²) in [6.07, 6.45) is -1.31. The molecule has 2 aromatic carbocycles. The molecule has 4 rings (SSSR count). The van der Waals surface area contributed by atoms with Crippen molar-refractivity contribution in [1.82, 2.24) is 4.90 Å². The normalized spacial score (nSPS) is 17.9. The van der Waals surface area contributed by atoms with Crippen molar-refractivity contribution in [3.05, 3.63) is 59.2 Å². The van der Waals surface area contributed by atoms with E-state index in [1.165, 1.54) is 24.6 Å². The SMILES string of the molecule is O=S1(=O)N=C(c2ccc(C(F)(F)F)cc2)c2ccc(OCCCCN3CCC3)cc21. The van der Waals surface area contributed by atoms with E-state index in [0.717, 1.165) is 44.6 Å². The number of hydrogen-bond acceptors (Lipinski definition) is 4. The van der Waals surface area contributed by atoms with Crippen LogP contribution in [-0.4, -0.2) is 45.3 Å². The Morgan fingerprint density at radius 1 is 1.03 bits per heavy atom. The maximum absolute atomic E-state index is 12.8. The van der Waals surface area contributed by atoms with Crippen molar-refractivity contribution in [2.24, 2.45) is 4.40 Å². The smallest absolute Gasteiger partial charge is 0.416 e. The van der Waals surface area contributed by atoms with Gasteiger partial charge in [0.15, 0.2) is 0 Å². The van der Waals surface area contributed by atoms with Gasteiger partial charge in [-0.05, 0) is 63.2 Å². The zero-order chi connectivity index (χ0) is 21.4. The fourth-order valence-corrected chi connectivity index (χ4v) is 4.73. The van der Waals surface area contributed by atoms with Gasteiger partial charge in [0.1, 0.15) is 10.6 Å². The molecule has 9 heteroatoms. The molecule has 0 saturated carbocycles. The van der Waals surface area contributed by atoms with Gasteiger partial charge in [0.2, 0.25) is 0 Å². The van der Waals surface area contributed by atoms with Gasteiger partial charge < -0.3 is 9.64 Å². The first kappa shape index (κ1) is 20.9. The van der Waals surface area contributed by atoms with Crippen LogP contribution in [0.15, 0.2) is 51.8 Å². The van der Waals surface area contributed by atoms with Crippen molar-refractivity contribution < 1.29 is 26.3 Å². The number of sulfonamides is 1. The fraction of sp³-hybridized carbons (Fsp3) is 0.381. The third kappa shape index (κ3) is 4.37. The second-order valence-corrected chi connectivity index (χ2v) is 8.97. The van der Waals surface area contributed by atoms with E-state index in [4.69, 9.17) is 4.74 Å². The van der Waals surface area contributed by atoms with Gasteiger partial charge in [0.05, 0.1) is 17.9 Å². The number of nitrogens with zero attached hydrogens (tertiary/aromatic N) is 2. The van der Waals surface area contributed by atoms with Crippen LogP contribution in [-0.2, 0) is 16.2 Å². The summed E-state index contributed by atoms with van der Waals surface area (Å²) in [6, 6.07) is 8.98. The van der Waals surface area contributed by atoms with E-state index in [1.807, 2.05) is 0 Å². The Bertz CT molecular complexity index is 1060. The van der Waals surface area contributed by atoms with E-state index in [0.29, 0.717) is 23.5 Å². The minimum atomic E-state index is -4.46. The fourth-order valence-electron chi connectivity index (χ4n) is 3.48. The van der Waals surface area contributed by atoms with Crippen LogP contribution in [0.2, 0.25) is 0 Å². The lowest BCUT2D eigenvalue weighted by atomic mass is 10.0. The summed E-state index contributed by atoms with van der Waals surface area (Å²) < 4.78 is 72.7. The Morgan fingerprint density at radius 2 is 1.77 bits per heavy atom. The third-order valence-corrected chi connectivity index (χ3v) is 6.59. The second-order valence-electron chi connectivity index (χ2n) is 7.40. The molecule has 2 aromatic rings. The van der Waals surface area contributed by atoms with Gasteiger partial charge in [-0.15, -0.1) is 0 Å². The molecular formula is C21H21F3N2O3S. The quantitative estimate of drug-likeness (QED) is 0.611. The number of ether oxygens (including phenoxy) is 1. The molecule has 0 aromatic heterocycles. The zero-order valence-corrected chi connectivity index (χ0v) is 17.0. The molecule has 1 saturated heterocycles. The molecule has 2 heterocycles. The Morgan fingerprint density at radius 3 is 2.40 bits per heavy atom. The van der Waals surface area contributed by atoms with Crippen molar-refractivity contribution in [3.63, 3.8) is 0 Å². The number of hydrogen-bond donors (Lipinski definition) is 0. The minimum Gasteiger partial charge on any atom is -0.494 e. The average molecular weight is 438 g/mol. The first-order valence-electron chi connectivity index (χ1n) is 9.76. The third-order valence-electron chi connectivity index (χ3n) is 5.27. The minimum absolute atomic E-state index is 0.00970. The first-order chi connectivity index (χ1) is 14.2. The molecule has 0 spiro atoms. The largest absolute Gasteiger partial charge is 0.494 e. The summed E-state index contributed by atoms with van der Waals surface area (Å²) in [7, 11) is -3.93. The number of fused-ring (bicyclic) bond motifs is 1. The van der Waals surface area contributed by atoms with E-state index < -0.39 is 21.8 Å². The highest BCUT2D eigenvalue weighted by Crippen LogP contribution is 2.34. The van der Waals surface area contributed by atoms with Crippen LogP contribution >= 0.6 is 0 Å². The molecule has 0 radical (unpaired) electrons. The number of rotatable bonds is 7. The van der Waals surface area contributed by atoms with Gasteiger partial charge >= 0.3 is 6.18 Å². The van der Waals surface area contributed by atoms with Gasteiger partial charge in [0, 0.05) is 17.2 Å². The summed E-state index contributed by atoms with van der Waals surface area (Å²) in [5.41, 5.74) is 0.00971. The molecule has 0 aliphatic carbocycles. The average Bonchev–Trinajstić information content (AvgIpc) is 2.93. The lowest BCUT2D eigenvalue weighted by Gasteiger charge is -2.30. The van der Waals surface area contributed by atoms with Crippen molar-refractivity contribution in [1.29, 1.82) is 0 Å². The van der Waals surface area contributed by atoms with Crippen LogP contribution in [0.5, 0.6) is 5.75 Å². The van der Waals surface area contributed by atoms with E-state index in [-0.39, 0.29) is 10.6 Å². The van der Waals surface area contributed by atoms with Crippen molar-refractivity contribution in [3.8, 4) is 5.75 Å². The number of unbranched alkanes of at least 4 members (excludes halogenated alkanes) is 1. The number of benzene rings is 2. The van der Waals surface area contributed by atoms with Crippen molar-refractivity contribution >= 4 is 15.7 Å². The molecule has 30 heavy (non-hydrogen) atoms. The topological polar surface area (TPSA) is 59.0 Å². The predicted octanol–water partition coefficient (Wildman–Crippen LogP) is 4.11. The van der Waals surface area contributed by atoms with Gasteiger partial charge in [-0.3, -0.25) is 0 Å². The summed E-state index contributed by atoms with van der Waals surface area (Å²) in [5.74, 6) is 0.435. The molecule has 0 amide bonds. The summed E-state index contributed by atoms with van der Waals surface area (Å²) in [6.45, 7) is 3.85. The molecule has 160 valence electrons. The Labute approximate surface area is 173 Å². The van der Waals surface area contributed by atoms with Crippen LogP contribution in [0, 0.1) is 0 Å². The summed E-state index contributed by atoms with van der Waals surface area (Å²) >= 11 is 0. The lowest BCUT2D eigenvalue weighted by molar-refractivity contribution is -0.137. The van der Waals surface area contributed by atoms with Crippen molar-refractivity contribution in [2.45, 2.75) is 30.3 Å². The van der Waals surface area contributed by atoms with E-state index in [1.54, 1.807) is 12.1 Å². The maximum Gasteiger partial charge on any atom is 0.416 e. The highest BCUT2D eigenvalue weighted by Gasteiger charge is 2.32. The van der Waals surface area contributed by atoms with E-state index in [9.17, 15) is 21.6 Å². The number of likely N-dealkylation sites (tertiary alicyclic amines) is 1. The zero-order valence-electron chi connectivity index (χ0n) is 16.2. The monoisotopic (exact) mass is 438 g/mol. The van der Waals surface area contributed by atoms with Crippen LogP contribution in [0.25, 0.3) is 0 Å². The second kappa shape index (κ2) is 8.03. The molecule has 1 fully saturated rings. The molecule has 5 nitrogen and oxygen atoms in total. The Hall–Kier alpha value is -2.39. The van der Waals surface area contributed by atoms with Crippen LogP contribution in [0.3, 0.4) is 0 Å². The molecule has 0 bridgehead atoms. The lowest BCUT2D eigenvalue weighted by Crippen LogP contribution is -2.37. The maximum atomic E-state index is 12.8. The van der Waals surface area contributed by atoms with E-state index >= 15 is 0 Å². The van der Waals surface area contributed by atoms with Crippen molar-refractivity contribution in [2.75, 3.05) is 26.2 Å². The summed E-state index contributed by atoms with van der Waals surface area (Å²) in [4.78, 5) is 2.39. The summed E-state index contributed by atoms with van der Waals surface area (Å²) in [5, 5.41) is 0. The standard InChI is InChI=1S/C21H21F3N2O3S/c22-21(23,24)16-6-4-15(5-7-16)20-18-9-8-17(14-19(18)30(27,28)25-20)29-13-2-1-10-26-11-3-12-26/h4-9,14H,1-3,10-13H2. The van der Waals surface area contributed by atoms with Gasteiger partial charge in [-0.2, -0.15) is 26.0 Å². The predicted molar refractivity (Wildman–Crippen MR) is 106 cm³/mol. The van der Waals surface area contributed by atoms with Crippen LogP contribution in [0.1, 0.15) is 36.0 Å². The molecule has 0 atom stereocenters. The molecule has 0 unspecified atom stereocenters. The Kier molecular flexibility index (Phi) is 5.59. The number of halogens is 3. The van der Waals surface area contributed by atoms with Crippen LogP contribution in [0.4, 0.5) is 13.2 Å². The first-order valence-corrected chi connectivity index (χ1v) is 11.2. The van der Waals surface area contributed by atoms with Crippen LogP contribution < -0.4 is 4.74 Å². The molecule has 2 aliphatic rings. The van der Waals surface area contributed by atoms with Gasteiger partial charge in [0.25, 0.3) is 10.0 Å². The Balaban J connectivity index is 1.46. The van der Waals surface area contributed by atoms with E-state index in [2.05, 4.69) is 9.30 Å². The number of alkyl halides is 3. The molecular weight excluding hydrogens is 417 g/mol. The van der Waals surface area contributed by atoms with Gasteiger partial charge in [-0.1, -0.05) is 12.1 Å². The molecule has 0 N–H and O–H groups in total. The molecule has 2 aliphatic heterocycles. The van der Waals surface area contributed by atoms with Gasteiger partial charge in [-0.25, -0.2) is 0 Å². The highest BCUT2D eigenvalue weighted by molar-refractivity contribution is 7.90.